The van der Waals surface area contributed by atoms with Crippen LogP contribution < -0.4 is 10.6 Å². The van der Waals surface area contributed by atoms with Gasteiger partial charge in [0.05, 0.1) is 17.9 Å². The van der Waals surface area contributed by atoms with Gasteiger partial charge in [0.1, 0.15) is 0 Å². The van der Waals surface area contributed by atoms with Crippen LogP contribution in [0.2, 0.25) is 0 Å². The second kappa shape index (κ2) is 15.6. The molecule has 0 bridgehead atoms. The van der Waals surface area contributed by atoms with Gasteiger partial charge in [-0.3, -0.25) is 0 Å². The molecule has 210 valence electrons. The fourth-order valence-electron chi connectivity index (χ4n) is 4.28. The van der Waals surface area contributed by atoms with E-state index in [-0.39, 0.29) is 16.1 Å². The Morgan fingerprint density at radius 1 is 0.923 bits per heavy atom. The summed E-state index contributed by atoms with van der Waals surface area (Å²) in [6.07, 6.45) is -3.07. The van der Waals surface area contributed by atoms with Gasteiger partial charge in [-0.2, -0.15) is 13.2 Å². The molecule has 39 heavy (non-hydrogen) atoms. The minimum Gasteiger partial charge on any atom is -0.380 e. The van der Waals surface area contributed by atoms with Crippen molar-refractivity contribution < 1.29 is 22.7 Å². The van der Waals surface area contributed by atoms with Crippen molar-refractivity contribution in [3.63, 3.8) is 0 Å². The van der Waals surface area contributed by atoms with Crippen molar-refractivity contribution in [3.8, 4) is 0 Å². The van der Waals surface area contributed by atoms with E-state index < -0.39 is 17.8 Å². The van der Waals surface area contributed by atoms with E-state index in [0.29, 0.717) is 45.8 Å². The van der Waals surface area contributed by atoms with Crippen LogP contribution in [-0.4, -0.2) is 50.3 Å². The number of nitrogens with one attached hydrogen (secondary N) is 2. The van der Waals surface area contributed by atoms with Crippen molar-refractivity contribution in [2.45, 2.75) is 31.9 Å². The van der Waals surface area contributed by atoms with E-state index >= 15 is 0 Å². The number of amides is 2. The van der Waals surface area contributed by atoms with Crippen LogP contribution in [0, 0.1) is 0 Å². The van der Waals surface area contributed by atoms with Crippen LogP contribution in [0.3, 0.4) is 0 Å². The maximum atomic E-state index is 13.7. The Kier molecular flexibility index (Phi) is 12.3. The zero-order chi connectivity index (χ0) is 28.1. The number of hydrogen-bond acceptors (Lipinski definition) is 3. The molecule has 0 aliphatic heterocycles. The van der Waals surface area contributed by atoms with Crippen LogP contribution in [0.4, 0.5) is 23.7 Å². The van der Waals surface area contributed by atoms with Crippen molar-refractivity contribution in [1.29, 1.82) is 0 Å². The minimum atomic E-state index is -4.61. The number of ether oxygens (including phenoxy) is 1. The zero-order valence-corrected chi connectivity index (χ0v) is 23.6. The lowest BCUT2D eigenvalue weighted by Crippen LogP contribution is -2.41. The average Bonchev–Trinajstić information content (AvgIpc) is 2.93. The second-order valence-corrected chi connectivity index (χ2v) is 10.0. The molecule has 0 atom stereocenters. The first-order chi connectivity index (χ1) is 18.8. The number of anilines is 1. The van der Waals surface area contributed by atoms with E-state index in [9.17, 15) is 18.0 Å². The van der Waals surface area contributed by atoms with Gasteiger partial charge in [-0.15, -0.1) is 0 Å². The normalized spacial score (nSPS) is 11.5. The van der Waals surface area contributed by atoms with Gasteiger partial charge in [0.25, 0.3) is 0 Å². The number of nitrogens with zero attached hydrogens (tertiary/aromatic N) is 1. The molecule has 0 fully saturated rings. The average molecular weight is 607 g/mol. The molecule has 2 amide bonds. The Morgan fingerprint density at radius 2 is 1.56 bits per heavy atom. The van der Waals surface area contributed by atoms with E-state index in [1.807, 2.05) is 43.3 Å². The van der Waals surface area contributed by atoms with E-state index in [1.165, 1.54) is 12.1 Å². The molecule has 0 saturated heterocycles. The molecule has 0 aliphatic rings. The third kappa shape index (κ3) is 9.98. The molecule has 0 aromatic heterocycles. The van der Waals surface area contributed by atoms with E-state index in [4.69, 9.17) is 4.74 Å². The number of carbonyl (C=O) groups is 1. The molecular formula is C30H35BrF3N3O2. The van der Waals surface area contributed by atoms with Crippen LogP contribution in [0.15, 0.2) is 83.3 Å². The molecule has 3 rings (SSSR count). The zero-order valence-electron chi connectivity index (χ0n) is 22.0. The fraction of sp³-hybridized carbons (Fsp3) is 0.367. The van der Waals surface area contributed by atoms with Crippen LogP contribution in [-0.2, 0) is 10.9 Å². The molecule has 3 aromatic rings. The largest absolute Gasteiger partial charge is 0.418 e. The number of benzene rings is 3. The molecule has 0 spiro atoms. The monoisotopic (exact) mass is 605 g/mol. The van der Waals surface area contributed by atoms with Gasteiger partial charge in [0.15, 0.2) is 0 Å². The van der Waals surface area contributed by atoms with Gasteiger partial charge in [0.2, 0.25) is 0 Å². The Bertz CT molecular complexity index is 1110. The number of urea groups is 1. The summed E-state index contributed by atoms with van der Waals surface area (Å²) in [5.74, 6) is 0.0246. The van der Waals surface area contributed by atoms with Gasteiger partial charge < -0.3 is 20.3 Å². The van der Waals surface area contributed by atoms with Crippen molar-refractivity contribution >= 4 is 27.6 Å². The maximum Gasteiger partial charge on any atom is 0.418 e. The summed E-state index contributed by atoms with van der Waals surface area (Å²) in [5, 5.41) is 5.76. The summed E-state index contributed by atoms with van der Waals surface area (Å²) in [6, 6.07) is 23.2. The smallest absolute Gasteiger partial charge is 0.380 e. The highest BCUT2D eigenvalue weighted by Crippen LogP contribution is 2.37. The summed E-state index contributed by atoms with van der Waals surface area (Å²) in [7, 11) is 0. The highest BCUT2D eigenvalue weighted by Gasteiger charge is 2.34. The summed E-state index contributed by atoms with van der Waals surface area (Å²) in [4.78, 5) is 14.9. The fourth-order valence-corrected chi connectivity index (χ4v) is 4.64. The summed E-state index contributed by atoms with van der Waals surface area (Å²) in [6.45, 7) is 5.06. The van der Waals surface area contributed by atoms with Crippen molar-refractivity contribution in [2.24, 2.45) is 0 Å². The molecule has 0 radical (unpaired) electrons. The van der Waals surface area contributed by atoms with E-state index in [1.54, 1.807) is 4.90 Å². The molecule has 3 aromatic carbocycles. The highest BCUT2D eigenvalue weighted by molar-refractivity contribution is 9.10. The quantitative estimate of drug-likeness (QED) is 0.187. The minimum absolute atomic E-state index is 0.0246. The lowest BCUT2D eigenvalue weighted by atomic mass is 9.88. The number of alkyl halides is 3. The molecule has 9 heteroatoms. The van der Waals surface area contributed by atoms with Crippen molar-refractivity contribution in [3.05, 3.63) is 100 Å². The van der Waals surface area contributed by atoms with Crippen molar-refractivity contribution in [1.82, 2.24) is 10.2 Å². The molecule has 0 unspecified atom stereocenters. The summed E-state index contributed by atoms with van der Waals surface area (Å²) < 4.78 is 46.8. The summed E-state index contributed by atoms with van der Waals surface area (Å²) >= 11 is 3.09. The van der Waals surface area contributed by atoms with Gasteiger partial charge in [-0.05, 0) is 42.2 Å². The number of carbonyl (C=O) groups excluding carboxylic acids is 1. The molecular weight excluding hydrogens is 571 g/mol. The van der Waals surface area contributed by atoms with E-state index in [0.717, 1.165) is 23.6 Å². The lowest BCUT2D eigenvalue weighted by Gasteiger charge is -2.27. The first-order valence-electron chi connectivity index (χ1n) is 13.1. The van der Waals surface area contributed by atoms with Crippen molar-refractivity contribution in [2.75, 3.05) is 44.7 Å². The topological polar surface area (TPSA) is 53.6 Å². The Morgan fingerprint density at radius 3 is 2.15 bits per heavy atom. The van der Waals surface area contributed by atoms with Crippen LogP contribution in [0.25, 0.3) is 0 Å². The Balaban J connectivity index is 1.76. The maximum absolute atomic E-state index is 13.7. The standard InChI is InChI=1S/C30H35BrF3N3O2/c1-2-20-39-21-17-35-16-19-37(29(38)36-28-14-13-25(31)22-27(28)30(32,33)34)18-15-26(23-9-5-3-6-10-23)24-11-7-4-8-12-24/h3-14,22,26,35H,2,15-21H2,1H3,(H,36,38). The third-order valence-electron chi connectivity index (χ3n) is 6.24. The molecule has 0 heterocycles. The van der Waals surface area contributed by atoms with Crippen LogP contribution in [0.1, 0.15) is 42.4 Å². The molecule has 0 aliphatic carbocycles. The number of hydrogen-bond donors (Lipinski definition) is 2. The molecule has 2 N–H and O–H groups in total. The SMILES string of the molecule is CCCOCCNCCN(CCC(c1ccccc1)c1ccccc1)C(=O)Nc1ccc(Br)cc1C(F)(F)F. The highest BCUT2D eigenvalue weighted by atomic mass is 79.9. The van der Waals surface area contributed by atoms with Gasteiger partial charge in [-0.1, -0.05) is 83.5 Å². The lowest BCUT2D eigenvalue weighted by molar-refractivity contribution is -0.137. The van der Waals surface area contributed by atoms with Crippen LogP contribution in [0.5, 0.6) is 0 Å². The molecule has 5 nitrogen and oxygen atoms in total. The van der Waals surface area contributed by atoms with Gasteiger partial charge in [0, 0.05) is 43.2 Å². The first kappa shape index (κ1) is 30.7. The Labute approximate surface area is 236 Å². The number of halogens is 4. The van der Waals surface area contributed by atoms with E-state index in [2.05, 4.69) is 50.8 Å². The first-order valence-corrected chi connectivity index (χ1v) is 13.9. The Hall–Kier alpha value is -2.88. The summed E-state index contributed by atoms with van der Waals surface area (Å²) in [5.41, 5.74) is 1.05. The third-order valence-corrected chi connectivity index (χ3v) is 6.73. The van der Waals surface area contributed by atoms with Gasteiger partial charge in [-0.25, -0.2) is 4.79 Å². The molecule has 0 saturated carbocycles. The van der Waals surface area contributed by atoms with Gasteiger partial charge >= 0.3 is 12.2 Å². The second-order valence-electron chi connectivity index (χ2n) is 9.13. The predicted octanol–water partition coefficient (Wildman–Crippen LogP) is 7.54. The van der Waals surface area contributed by atoms with Crippen LogP contribution >= 0.6 is 15.9 Å². The predicted molar refractivity (Wildman–Crippen MR) is 153 cm³/mol. The number of rotatable bonds is 14.